The summed E-state index contributed by atoms with van der Waals surface area (Å²) >= 11 is 0. The maximum Gasteiger partial charge on any atom is 0.305 e. The Morgan fingerprint density at radius 1 is 0.544 bits per heavy atom. The summed E-state index contributed by atoms with van der Waals surface area (Å²) in [5.41, 5.74) is 0. The van der Waals surface area contributed by atoms with Gasteiger partial charge in [-0.25, -0.2) is 0 Å². The molecule has 0 fully saturated rings. The van der Waals surface area contributed by atoms with Gasteiger partial charge in [-0.05, 0) is 75.8 Å². The number of hydrogen-bond donors (Lipinski definition) is 3. The molecule has 0 bridgehead atoms. The number of aliphatic hydroxyl groups is 2. The lowest BCUT2D eigenvalue weighted by atomic mass is 9.80. The number of rotatable bonds is 44. The zero-order valence-electron chi connectivity index (χ0n) is 39.0. The first-order valence-electron chi connectivity index (χ1n) is 25.1. The van der Waals surface area contributed by atoms with Crippen LogP contribution in [0.25, 0.3) is 0 Å². The highest BCUT2D eigenvalue weighted by Gasteiger charge is 2.20. The topological polar surface area (TPSA) is 107 Å². The van der Waals surface area contributed by atoms with E-state index < -0.39 is 0 Å². The molecule has 4 atom stereocenters. The largest absolute Gasteiger partial charge is 0.483 e. The first-order chi connectivity index (χ1) is 27.9. The highest BCUT2D eigenvalue weighted by molar-refractivity contribution is 5.69. The van der Waals surface area contributed by atoms with Gasteiger partial charge in [-0.2, -0.15) is 0 Å². The Balaban J connectivity index is 0. The summed E-state index contributed by atoms with van der Waals surface area (Å²) in [6.07, 6.45) is 41.6. The molecule has 0 saturated carbocycles. The van der Waals surface area contributed by atoms with Crippen LogP contribution in [-0.4, -0.2) is 71.6 Å². The van der Waals surface area contributed by atoms with E-state index in [9.17, 15) is 15.0 Å². The Bertz CT molecular complexity index is 797. The lowest BCUT2D eigenvalue weighted by molar-refractivity contribution is -0.144. The van der Waals surface area contributed by atoms with Gasteiger partial charge >= 0.3 is 5.97 Å². The third-order valence-corrected chi connectivity index (χ3v) is 12.3. The first-order valence-corrected chi connectivity index (χ1v) is 25.1. The summed E-state index contributed by atoms with van der Waals surface area (Å²) < 4.78 is 5.74. The molecule has 7 heteroatoms. The number of hydrogen-bond acceptors (Lipinski definition) is 6. The normalized spacial score (nSPS) is 13.5. The molecule has 0 radical (unpaired) electrons. The quantitative estimate of drug-likeness (QED) is 0.0319. The molecule has 0 aromatic carbocycles. The molecule has 0 rings (SSSR count). The van der Waals surface area contributed by atoms with E-state index in [0.29, 0.717) is 18.9 Å². The number of esters is 1. The average Bonchev–Trinajstić information content (AvgIpc) is 3.20. The Morgan fingerprint density at radius 3 is 1.54 bits per heavy atom. The van der Waals surface area contributed by atoms with Crippen molar-refractivity contribution in [1.29, 1.82) is 0 Å². The second kappa shape index (κ2) is 47.5. The minimum Gasteiger partial charge on any atom is -0.483 e. The van der Waals surface area contributed by atoms with Gasteiger partial charge in [0.2, 0.25) is 0 Å². The summed E-state index contributed by atoms with van der Waals surface area (Å²) in [4.78, 5) is 23.4. The van der Waals surface area contributed by atoms with Gasteiger partial charge in [0.1, 0.15) is 0 Å². The molecule has 0 aliphatic rings. The van der Waals surface area contributed by atoms with Crippen molar-refractivity contribution in [3.05, 3.63) is 0 Å². The van der Waals surface area contributed by atoms with Gasteiger partial charge in [0.05, 0.1) is 12.7 Å². The van der Waals surface area contributed by atoms with Gasteiger partial charge in [-0.3, -0.25) is 9.59 Å². The van der Waals surface area contributed by atoms with Crippen LogP contribution in [0.1, 0.15) is 253 Å². The van der Waals surface area contributed by atoms with Crippen LogP contribution >= 0.6 is 0 Å². The van der Waals surface area contributed by atoms with Gasteiger partial charge in [0.25, 0.3) is 6.47 Å². The summed E-state index contributed by atoms with van der Waals surface area (Å²) in [6.45, 7) is 14.9. The van der Waals surface area contributed by atoms with Crippen LogP contribution in [0, 0.1) is 17.8 Å². The molecule has 3 N–H and O–H groups in total. The molecule has 0 aliphatic carbocycles. The van der Waals surface area contributed by atoms with Crippen molar-refractivity contribution >= 4 is 12.4 Å². The zero-order chi connectivity index (χ0) is 42.5. The molecule has 0 spiro atoms. The number of aliphatic hydroxyl groups excluding tert-OH is 2. The first kappa shape index (κ1) is 57.9. The zero-order valence-corrected chi connectivity index (χ0v) is 39.0. The van der Waals surface area contributed by atoms with Crippen LogP contribution in [0.3, 0.4) is 0 Å². The predicted molar refractivity (Wildman–Crippen MR) is 245 cm³/mol. The number of carboxylic acid groups (broad SMARTS) is 1. The number of carbonyl (C=O) groups is 2. The fraction of sp³-hybridized carbons (Fsp3) is 0.960. The molecule has 0 aromatic heterocycles. The Hall–Kier alpha value is -1.18. The minimum absolute atomic E-state index is 0.0175. The van der Waals surface area contributed by atoms with Crippen LogP contribution in [0.5, 0.6) is 0 Å². The maximum absolute atomic E-state index is 12.5. The van der Waals surface area contributed by atoms with Crippen molar-refractivity contribution < 1.29 is 29.6 Å². The SMILES string of the molecule is CCCCCCCC(CCCCC)CCCCCCC(O)CN(CCCCCO)CCCCCCC(=O)OCCC(CC)C(CCCC)CCCCCC.O=CO. The van der Waals surface area contributed by atoms with Gasteiger partial charge in [-0.1, -0.05) is 202 Å². The van der Waals surface area contributed by atoms with E-state index in [0.717, 1.165) is 95.7 Å². The van der Waals surface area contributed by atoms with Gasteiger partial charge in [-0.15, -0.1) is 0 Å². The summed E-state index contributed by atoms with van der Waals surface area (Å²) in [5.74, 6) is 2.37. The van der Waals surface area contributed by atoms with Crippen molar-refractivity contribution in [1.82, 2.24) is 4.90 Å². The number of unbranched alkanes of at least 4 members (excludes halogenated alkanes) is 18. The molecular formula is C50H101NO6. The third-order valence-electron chi connectivity index (χ3n) is 12.3. The molecule has 0 heterocycles. The Kier molecular flexibility index (Phi) is 48.3. The van der Waals surface area contributed by atoms with Crippen LogP contribution < -0.4 is 0 Å². The van der Waals surface area contributed by atoms with E-state index in [-0.39, 0.29) is 25.2 Å². The van der Waals surface area contributed by atoms with E-state index in [1.807, 2.05) is 0 Å². The monoisotopic (exact) mass is 812 g/mol. The highest BCUT2D eigenvalue weighted by atomic mass is 16.5. The van der Waals surface area contributed by atoms with Gasteiger partial charge < -0.3 is 25.0 Å². The maximum atomic E-state index is 12.5. The molecule has 57 heavy (non-hydrogen) atoms. The van der Waals surface area contributed by atoms with Crippen LogP contribution in [0.4, 0.5) is 0 Å². The molecular weight excluding hydrogens is 711 g/mol. The van der Waals surface area contributed by atoms with Gasteiger partial charge in [0, 0.05) is 19.6 Å². The van der Waals surface area contributed by atoms with Crippen molar-refractivity contribution in [2.45, 2.75) is 259 Å². The van der Waals surface area contributed by atoms with Crippen LogP contribution in [-0.2, 0) is 14.3 Å². The second-order valence-corrected chi connectivity index (χ2v) is 17.5. The molecule has 0 saturated heterocycles. The van der Waals surface area contributed by atoms with E-state index in [1.165, 1.54) is 148 Å². The smallest absolute Gasteiger partial charge is 0.305 e. The van der Waals surface area contributed by atoms with E-state index in [4.69, 9.17) is 14.6 Å². The highest BCUT2D eigenvalue weighted by Crippen LogP contribution is 2.30. The summed E-state index contributed by atoms with van der Waals surface area (Å²) in [6, 6.07) is 0. The summed E-state index contributed by atoms with van der Waals surface area (Å²) in [7, 11) is 0. The fourth-order valence-electron chi connectivity index (χ4n) is 8.67. The minimum atomic E-state index is -0.252. The number of carbonyl (C=O) groups excluding carboxylic acids is 1. The summed E-state index contributed by atoms with van der Waals surface area (Å²) in [5, 5.41) is 27.1. The third kappa shape index (κ3) is 41.3. The van der Waals surface area contributed by atoms with Gasteiger partial charge in [0.15, 0.2) is 0 Å². The van der Waals surface area contributed by atoms with Crippen molar-refractivity contribution in [2.24, 2.45) is 17.8 Å². The molecule has 4 unspecified atom stereocenters. The fourth-order valence-corrected chi connectivity index (χ4v) is 8.67. The molecule has 0 aromatic rings. The van der Waals surface area contributed by atoms with E-state index >= 15 is 0 Å². The molecule has 0 amide bonds. The number of nitrogens with zero attached hydrogens (tertiary/aromatic N) is 1. The number of ether oxygens (including phenoxy) is 1. The Morgan fingerprint density at radius 2 is 0.982 bits per heavy atom. The second-order valence-electron chi connectivity index (χ2n) is 17.5. The molecule has 0 aliphatic heterocycles. The standard InChI is InChI=1S/C49H99NO4.CH2O2/c1-6-11-15-17-24-33-45(32-23-13-8-3)34-25-18-19-27-37-48(52)44-50(41-30-22-31-42-51)40-29-21-20-28-38-49(53)54-43-39-46(10-5)47(35-14-9-4)36-26-16-12-7-2;2-1-3/h45-48,51-52H,6-44H2,1-5H3;1H,(H,2,3). The van der Waals surface area contributed by atoms with E-state index in [2.05, 4.69) is 39.5 Å². The lowest BCUT2D eigenvalue weighted by Crippen LogP contribution is -2.34. The van der Waals surface area contributed by atoms with Crippen LogP contribution in [0.15, 0.2) is 0 Å². The average molecular weight is 812 g/mol. The van der Waals surface area contributed by atoms with Crippen LogP contribution in [0.2, 0.25) is 0 Å². The Labute approximate surface area is 355 Å². The molecule has 7 nitrogen and oxygen atoms in total. The van der Waals surface area contributed by atoms with Crippen molar-refractivity contribution in [3.63, 3.8) is 0 Å². The lowest BCUT2D eigenvalue weighted by Gasteiger charge is -2.26. The van der Waals surface area contributed by atoms with E-state index in [1.54, 1.807) is 0 Å². The molecule has 342 valence electrons. The van der Waals surface area contributed by atoms with Crippen molar-refractivity contribution in [3.8, 4) is 0 Å². The predicted octanol–water partition coefficient (Wildman–Crippen LogP) is 14.1. The van der Waals surface area contributed by atoms with Crippen molar-refractivity contribution in [2.75, 3.05) is 32.8 Å².